The Hall–Kier alpha value is -2.01. The number of nitrogens with zero attached hydrogens (tertiary/aromatic N) is 2. The molecule has 1 heterocycles. The van der Waals surface area contributed by atoms with Crippen LogP contribution in [0.1, 0.15) is 12.5 Å². The second kappa shape index (κ2) is 7.91. The van der Waals surface area contributed by atoms with Crippen LogP contribution in [0.15, 0.2) is 53.4 Å². The summed E-state index contributed by atoms with van der Waals surface area (Å²) in [7, 11) is 0. The van der Waals surface area contributed by atoms with Gasteiger partial charge in [-0.2, -0.15) is 0 Å². The van der Waals surface area contributed by atoms with Crippen molar-refractivity contribution in [3.63, 3.8) is 0 Å². The third-order valence-electron chi connectivity index (χ3n) is 4.46. The van der Waals surface area contributed by atoms with E-state index < -0.39 is 0 Å². The smallest absolute Gasteiger partial charge is 0.235 e. The van der Waals surface area contributed by atoms with Crippen LogP contribution in [-0.2, 0) is 4.79 Å². The van der Waals surface area contributed by atoms with Gasteiger partial charge < -0.3 is 9.80 Å². The molecule has 0 saturated carbocycles. The molecule has 0 N–H and O–H groups in total. The van der Waals surface area contributed by atoms with E-state index in [1.807, 2.05) is 11.8 Å². The predicted molar refractivity (Wildman–Crippen MR) is 102 cm³/mol. The van der Waals surface area contributed by atoms with Crippen molar-refractivity contribution >= 4 is 23.4 Å². The first-order valence-corrected chi connectivity index (χ1v) is 9.43. The van der Waals surface area contributed by atoms with Gasteiger partial charge in [0, 0.05) is 36.8 Å². The third kappa shape index (κ3) is 4.54. The van der Waals surface area contributed by atoms with Crippen LogP contribution in [0.5, 0.6) is 0 Å². The van der Waals surface area contributed by atoms with Gasteiger partial charge in [-0.1, -0.05) is 17.7 Å². The number of piperazine rings is 1. The summed E-state index contributed by atoms with van der Waals surface area (Å²) in [5.74, 6) is -0.0381. The molecule has 2 aromatic rings. The Labute approximate surface area is 152 Å². The molecule has 3 nitrogen and oxygen atoms in total. The van der Waals surface area contributed by atoms with Crippen LogP contribution >= 0.6 is 11.8 Å². The van der Waals surface area contributed by atoms with Crippen molar-refractivity contribution in [3.8, 4) is 0 Å². The molecule has 1 amide bonds. The molecule has 0 unspecified atom stereocenters. The van der Waals surface area contributed by atoms with E-state index in [-0.39, 0.29) is 17.0 Å². The highest BCUT2D eigenvalue weighted by Gasteiger charge is 2.25. The summed E-state index contributed by atoms with van der Waals surface area (Å²) in [6.45, 7) is 6.99. The van der Waals surface area contributed by atoms with Gasteiger partial charge in [-0.15, -0.1) is 11.8 Å². The summed E-state index contributed by atoms with van der Waals surface area (Å²) in [4.78, 5) is 17.9. The Morgan fingerprint density at radius 3 is 2.20 bits per heavy atom. The zero-order valence-electron chi connectivity index (χ0n) is 14.6. The number of thioether (sulfide) groups is 1. The van der Waals surface area contributed by atoms with Crippen LogP contribution in [0.25, 0.3) is 0 Å². The quantitative estimate of drug-likeness (QED) is 0.773. The highest BCUT2D eigenvalue weighted by molar-refractivity contribution is 8.00. The van der Waals surface area contributed by atoms with Crippen molar-refractivity contribution in [2.24, 2.45) is 0 Å². The second-order valence-corrected chi connectivity index (χ2v) is 7.78. The van der Waals surface area contributed by atoms with Gasteiger partial charge in [0.1, 0.15) is 5.82 Å². The lowest BCUT2D eigenvalue weighted by Crippen LogP contribution is -2.50. The van der Waals surface area contributed by atoms with Crippen LogP contribution in [0.2, 0.25) is 0 Å². The average Bonchev–Trinajstić information content (AvgIpc) is 2.64. The van der Waals surface area contributed by atoms with Crippen molar-refractivity contribution in [1.82, 2.24) is 4.90 Å². The van der Waals surface area contributed by atoms with Gasteiger partial charge in [0.2, 0.25) is 5.91 Å². The Bertz CT molecular complexity index is 709. The maximum absolute atomic E-state index is 13.0. The maximum Gasteiger partial charge on any atom is 0.235 e. The van der Waals surface area contributed by atoms with Gasteiger partial charge >= 0.3 is 0 Å². The number of benzene rings is 2. The van der Waals surface area contributed by atoms with Gasteiger partial charge in [-0.05, 0) is 50.2 Å². The summed E-state index contributed by atoms with van der Waals surface area (Å²) in [5, 5.41) is -0.0972. The van der Waals surface area contributed by atoms with Gasteiger partial charge in [0.05, 0.1) is 5.25 Å². The van der Waals surface area contributed by atoms with E-state index in [0.29, 0.717) is 13.1 Å². The number of rotatable bonds is 4. The zero-order valence-corrected chi connectivity index (χ0v) is 15.4. The lowest BCUT2D eigenvalue weighted by molar-refractivity contribution is -0.130. The molecule has 1 atom stereocenters. The fraction of sp³-hybridized carbons (Fsp3) is 0.350. The van der Waals surface area contributed by atoms with E-state index in [1.165, 1.54) is 17.7 Å². The molecule has 1 aliphatic heterocycles. The van der Waals surface area contributed by atoms with Crippen LogP contribution in [-0.4, -0.2) is 42.2 Å². The van der Waals surface area contributed by atoms with E-state index in [9.17, 15) is 9.18 Å². The van der Waals surface area contributed by atoms with E-state index in [1.54, 1.807) is 23.9 Å². The molecule has 0 radical (unpaired) electrons. The number of amides is 1. The molecule has 5 heteroatoms. The number of halogens is 1. The molecule has 132 valence electrons. The zero-order chi connectivity index (χ0) is 17.8. The standard InChI is InChI=1S/C20H23FN2OS/c1-15-3-9-19(10-4-15)25-16(2)20(24)23-13-11-22(12-14-23)18-7-5-17(21)6-8-18/h3-10,16H,11-14H2,1-2H3/t16-/m0/s1. The fourth-order valence-corrected chi connectivity index (χ4v) is 3.92. The fourth-order valence-electron chi connectivity index (χ4n) is 2.97. The number of carbonyl (C=O) groups excluding carboxylic acids is 1. The van der Waals surface area contributed by atoms with Gasteiger partial charge in [0.25, 0.3) is 0 Å². The second-order valence-electron chi connectivity index (χ2n) is 6.36. The first-order chi connectivity index (χ1) is 12.0. The first kappa shape index (κ1) is 17.8. The summed E-state index contributed by atoms with van der Waals surface area (Å²) < 4.78 is 13.0. The molecule has 0 bridgehead atoms. The number of aryl methyl sites for hydroxylation is 1. The molecule has 0 aromatic heterocycles. The summed E-state index contributed by atoms with van der Waals surface area (Å²) in [5.41, 5.74) is 2.23. The van der Waals surface area contributed by atoms with Gasteiger partial charge in [-0.3, -0.25) is 4.79 Å². The SMILES string of the molecule is Cc1ccc(S[C@@H](C)C(=O)N2CCN(c3ccc(F)cc3)CC2)cc1. The van der Waals surface area contributed by atoms with Crippen molar-refractivity contribution < 1.29 is 9.18 Å². The highest BCUT2D eigenvalue weighted by Crippen LogP contribution is 2.25. The minimum atomic E-state index is -0.223. The molecule has 2 aromatic carbocycles. The number of anilines is 1. The minimum absolute atomic E-state index is 0.0972. The van der Waals surface area contributed by atoms with E-state index in [0.717, 1.165) is 23.7 Å². The Morgan fingerprint density at radius 1 is 1.00 bits per heavy atom. The molecule has 3 rings (SSSR count). The van der Waals surface area contributed by atoms with Crippen molar-refractivity contribution in [1.29, 1.82) is 0 Å². The predicted octanol–water partition coefficient (Wildman–Crippen LogP) is 3.96. The van der Waals surface area contributed by atoms with Crippen molar-refractivity contribution in [3.05, 3.63) is 59.9 Å². The minimum Gasteiger partial charge on any atom is -0.368 e. The molecular formula is C20H23FN2OS. The number of hydrogen-bond acceptors (Lipinski definition) is 3. The Kier molecular flexibility index (Phi) is 5.63. The Balaban J connectivity index is 1.53. The van der Waals surface area contributed by atoms with E-state index in [2.05, 4.69) is 36.1 Å². The first-order valence-electron chi connectivity index (χ1n) is 8.55. The molecule has 25 heavy (non-hydrogen) atoms. The normalized spacial score (nSPS) is 16.0. The van der Waals surface area contributed by atoms with Crippen molar-refractivity contribution in [2.45, 2.75) is 24.0 Å². The molecule has 0 aliphatic carbocycles. The highest BCUT2D eigenvalue weighted by atomic mass is 32.2. The van der Waals surface area contributed by atoms with Crippen LogP contribution < -0.4 is 4.90 Å². The van der Waals surface area contributed by atoms with Gasteiger partial charge in [0.15, 0.2) is 0 Å². The van der Waals surface area contributed by atoms with Crippen molar-refractivity contribution in [2.75, 3.05) is 31.1 Å². The lowest BCUT2D eigenvalue weighted by Gasteiger charge is -2.37. The maximum atomic E-state index is 13.0. The van der Waals surface area contributed by atoms with Gasteiger partial charge in [-0.25, -0.2) is 4.39 Å². The van der Waals surface area contributed by atoms with E-state index in [4.69, 9.17) is 0 Å². The lowest BCUT2D eigenvalue weighted by atomic mass is 10.2. The Morgan fingerprint density at radius 2 is 1.60 bits per heavy atom. The molecule has 1 fully saturated rings. The van der Waals surface area contributed by atoms with Crippen LogP contribution in [0.4, 0.5) is 10.1 Å². The average molecular weight is 358 g/mol. The summed E-state index contributed by atoms with van der Waals surface area (Å²) in [6, 6.07) is 14.8. The molecular weight excluding hydrogens is 335 g/mol. The molecule has 1 saturated heterocycles. The number of carbonyl (C=O) groups is 1. The molecule has 0 spiro atoms. The molecule has 1 aliphatic rings. The summed E-state index contributed by atoms with van der Waals surface area (Å²) in [6.07, 6.45) is 0. The van der Waals surface area contributed by atoms with Crippen LogP contribution in [0, 0.1) is 12.7 Å². The topological polar surface area (TPSA) is 23.6 Å². The monoisotopic (exact) mass is 358 g/mol. The van der Waals surface area contributed by atoms with E-state index >= 15 is 0 Å². The van der Waals surface area contributed by atoms with Crippen LogP contribution in [0.3, 0.4) is 0 Å². The number of hydrogen-bond donors (Lipinski definition) is 0. The third-order valence-corrected chi connectivity index (χ3v) is 5.56. The summed E-state index contributed by atoms with van der Waals surface area (Å²) >= 11 is 1.61. The largest absolute Gasteiger partial charge is 0.368 e.